The second-order valence-electron chi connectivity index (χ2n) is 3.61. The molecule has 0 amide bonds. The average Bonchev–Trinajstić information content (AvgIpc) is 2.09. The third-order valence-electron chi connectivity index (χ3n) is 1.61. The molecule has 0 aromatic heterocycles. The Kier molecular flexibility index (Phi) is 7.02. The monoisotopic (exact) mass is 356 g/mol. The fourth-order valence-corrected chi connectivity index (χ4v) is 2.76. The van der Waals surface area contributed by atoms with Crippen molar-refractivity contribution in [2.24, 2.45) is 0 Å². The summed E-state index contributed by atoms with van der Waals surface area (Å²) in [5.41, 5.74) is -0.979. The zero-order chi connectivity index (χ0) is 13.7. The summed E-state index contributed by atoms with van der Waals surface area (Å²) in [7, 11) is -9.83. The predicted octanol–water partition coefficient (Wildman–Crippen LogP) is 1.14. The third kappa shape index (κ3) is 10.3. The Balaban J connectivity index is 3.97. The van der Waals surface area contributed by atoms with E-state index in [1.165, 1.54) is 0 Å². The fraction of sp³-hybridized carbons (Fsp3) is 1.00. The lowest BCUT2D eigenvalue weighted by Crippen LogP contribution is -2.26. The molecule has 0 aliphatic heterocycles. The number of phosphoric acid groups is 2. The van der Waals surface area contributed by atoms with Crippen LogP contribution in [0.25, 0.3) is 0 Å². The molecule has 104 valence electrons. The van der Waals surface area contributed by atoms with Gasteiger partial charge >= 0.3 is 15.6 Å². The molecule has 4 N–H and O–H groups in total. The van der Waals surface area contributed by atoms with E-state index in [4.69, 9.17) is 14.7 Å². The molecule has 2 unspecified atom stereocenters. The van der Waals surface area contributed by atoms with E-state index in [1.807, 2.05) is 0 Å². The molecule has 0 aromatic rings. The standard InChI is InChI=1S/C6H15BrO8P2/c1-6(8,5-7)3-2-4-14-17(12,13)15-16(9,10)11/h8H,2-5H2,1H3,(H,12,13)(H2,9,10,11). The molecule has 0 rings (SSSR count). The smallest absolute Gasteiger partial charge is 0.389 e. The van der Waals surface area contributed by atoms with E-state index < -0.39 is 21.2 Å². The van der Waals surface area contributed by atoms with Gasteiger partial charge in [0.15, 0.2) is 0 Å². The molecule has 0 heterocycles. The Morgan fingerprint density at radius 3 is 2.24 bits per heavy atom. The average molecular weight is 357 g/mol. The van der Waals surface area contributed by atoms with Gasteiger partial charge in [-0.2, -0.15) is 4.31 Å². The largest absolute Gasteiger partial charge is 0.481 e. The quantitative estimate of drug-likeness (QED) is 0.289. The molecular formula is C6H15BrO8P2. The Morgan fingerprint density at radius 2 is 1.82 bits per heavy atom. The fourth-order valence-electron chi connectivity index (χ4n) is 0.858. The number of hydrogen-bond acceptors (Lipinski definition) is 5. The van der Waals surface area contributed by atoms with Gasteiger partial charge in [-0.3, -0.25) is 4.52 Å². The van der Waals surface area contributed by atoms with Crippen molar-refractivity contribution in [2.45, 2.75) is 25.4 Å². The molecule has 0 bridgehead atoms. The van der Waals surface area contributed by atoms with Crippen LogP contribution < -0.4 is 0 Å². The molecule has 0 radical (unpaired) electrons. The summed E-state index contributed by atoms with van der Waals surface area (Å²) in [4.78, 5) is 25.5. The first-order valence-corrected chi connectivity index (χ1v) is 8.65. The minimum Gasteiger partial charge on any atom is -0.389 e. The molecule has 0 fully saturated rings. The molecule has 11 heteroatoms. The number of rotatable bonds is 8. The van der Waals surface area contributed by atoms with E-state index in [9.17, 15) is 14.2 Å². The lowest BCUT2D eigenvalue weighted by molar-refractivity contribution is 0.0674. The van der Waals surface area contributed by atoms with Crippen LogP contribution in [0.2, 0.25) is 0 Å². The molecule has 0 saturated carbocycles. The van der Waals surface area contributed by atoms with Crippen molar-refractivity contribution in [2.75, 3.05) is 11.9 Å². The minimum atomic E-state index is -5.07. The van der Waals surface area contributed by atoms with Crippen LogP contribution in [0.15, 0.2) is 0 Å². The first-order chi connectivity index (χ1) is 7.47. The van der Waals surface area contributed by atoms with Crippen molar-refractivity contribution in [1.82, 2.24) is 0 Å². The number of aliphatic hydroxyl groups is 1. The van der Waals surface area contributed by atoms with Gasteiger partial charge in [-0.05, 0) is 19.8 Å². The van der Waals surface area contributed by atoms with Crippen LogP contribution in [0.4, 0.5) is 0 Å². The second kappa shape index (κ2) is 6.75. The summed E-state index contributed by atoms with van der Waals surface area (Å²) in [5, 5.41) is 9.88. The van der Waals surface area contributed by atoms with Crippen molar-refractivity contribution in [3.63, 3.8) is 0 Å². The lowest BCUT2D eigenvalue weighted by Gasteiger charge is -2.20. The van der Waals surface area contributed by atoms with Crippen molar-refractivity contribution in [3.05, 3.63) is 0 Å². The van der Waals surface area contributed by atoms with Crippen LogP contribution >= 0.6 is 31.6 Å². The van der Waals surface area contributed by atoms with E-state index >= 15 is 0 Å². The molecule has 0 aromatic carbocycles. The van der Waals surface area contributed by atoms with E-state index in [0.29, 0.717) is 5.33 Å². The summed E-state index contributed by atoms with van der Waals surface area (Å²) >= 11 is 3.08. The maximum atomic E-state index is 11.0. The second-order valence-corrected chi connectivity index (χ2v) is 7.00. The maximum Gasteiger partial charge on any atom is 0.481 e. The van der Waals surface area contributed by atoms with Crippen LogP contribution in [-0.2, 0) is 18.0 Å². The van der Waals surface area contributed by atoms with Crippen molar-refractivity contribution in [3.8, 4) is 0 Å². The Bertz CT molecular complexity index is 326. The molecule has 8 nitrogen and oxygen atoms in total. The lowest BCUT2D eigenvalue weighted by atomic mass is 10.0. The molecule has 0 aliphatic rings. The first-order valence-electron chi connectivity index (χ1n) is 4.50. The number of hydrogen-bond donors (Lipinski definition) is 4. The molecule has 0 saturated heterocycles. The summed E-state index contributed by atoms with van der Waals surface area (Å²) in [6, 6.07) is 0. The highest BCUT2D eigenvalue weighted by molar-refractivity contribution is 9.09. The van der Waals surface area contributed by atoms with Crippen LogP contribution in [0, 0.1) is 0 Å². The van der Waals surface area contributed by atoms with Crippen molar-refractivity contribution in [1.29, 1.82) is 0 Å². The van der Waals surface area contributed by atoms with Gasteiger partial charge in [-0.1, -0.05) is 15.9 Å². The summed E-state index contributed by atoms with van der Waals surface area (Å²) in [6.45, 7) is 1.29. The maximum absolute atomic E-state index is 11.0. The molecule has 0 aliphatic carbocycles. The van der Waals surface area contributed by atoms with Gasteiger partial charge in [0.05, 0.1) is 12.2 Å². The highest BCUT2D eigenvalue weighted by Gasteiger charge is 2.32. The van der Waals surface area contributed by atoms with Gasteiger partial charge in [-0.25, -0.2) is 9.13 Å². The van der Waals surface area contributed by atoms with Gasteiger partial charge in [0, 0.05) is 5.33 Å². The Hall–Kier alpha value is 0.700. The molecule has 2 atom stereocenters. The van der Waals surface area contributed by atoms with Crippen LogP contribution in [0.3, 0.4) is 0 Å². The number of halogens is 1. The topological polar surface area (TPSA) is 134 Å². The predicted molar refractivity (Wildman–Crippen MR) is 62.6 cm³/mol. The van der Waals surface area contributed by atoms with E-state index in [2.05, 4.69) is 24.8 Å². The summed E-state index contributed by atoms with van der Waals surface area (Å²) in [5.74, 6) is 0. The minimum absolute atomic E-state index is 0.230. The van der Waals surface area contributed by atoms with E-state index in [0.717, 1.165) is 0 Å². The van der Waals surface area contributed by atoms with Crippen molar-refractivity contribution < 1.29 is 37.8 Å². The van der Waals surface area contributed by atoms with Gasteiger partial charge in [-0.15, -0.1) is 0 Å². The number of phosphoric ester groups is 1. The molecule has 0 spiro atoms. The molecular weight excluding hydrogens is 342 g/mol. The van der Waals surface area contributed by atoms with Gasteiger partial charge < -0.3 is 19.8 Å². The van der Waals surface area contributed by atoms with Crippen molar-refractivity contribution >= 4 is 31.6 Å². The van der Waals surface area contributed by atoms with Crippen LogP contribution in [0.1, 0.15) is 19.8 Å². The number of alkyl halides is 1. The highest BCUT2D eigenvalue weighted by atomic mass is 79.9. The van der Waals surface area contributed by atoms with Gasteiger partial charge in [0.1, 0.15) is 0 Å². The zero-order valence-corrected chi connectivity index (χ0v) is 12.4. The van der Waals surface area contributed by atoms with E-state index in [-0.39, 0.29) is 19.4 Å². The zero-order valence-electron chi connectivity index (χ0n) is 9.02. The SMILES string of the molecule is CC(O)(CBr)CCCOP(=O)(O)OP(=O)(O)O. The molecule has 17 heavy (non-hydrogen) atoms. The highest BCUT2D eigenvalue weighted by Crippen LogP contribution is 2.57. The summed E-state index contributed by atoms with van der Waals surface area (Å²) < 4.78 is 29.2. The first kappa shape index (κ1) is 17.7. The van der Waals surface area contributed by atoms with E-state index in [1.54, 1.807) is 6.92 Å². The van der Waals surface area contributed by atoms with Gasteiger partial charge in [0.2, 0.25) is 0 Å². The third-order valence-corrected chi connectivity index (χ3v) is 5.00. The van der Waals surface area contributed by atoms with Crippen LogP contribution in [0.5, 0.6) is 0 Å². The van der Waals surface area contributed by atoms with Gasteiger partial charge in [0.25, 0.3) is 0 Å². The Labute approximate surface area is 107 Å². The Morgan fingerprint density at radius 1 is 1.29 bits per heavy atom. The van der Waals surface area contributed by atoms with Crippen LogP contribution in [-0.4, -0.2) is 37.3 Å². The normalized spacial score (nSPS) is 19.6. The summed E-state index contributed by atoms with van der Waals surface area (Å²) in [6.07, 6.45) is 0.516.